The number of methoxy groups -OCH3 is 1. The van der Waals surface area contributed by atoms with Gasteiger partial charge in [0.25, 0.3) is 0 Å². The quantitative estimate of drug-likeness (QED) is 0.507. The molecule has 1 aromatic carbocycles. The Hall–Kier alpha value is -3.72. The lowest BCUT2D eigenvalue weighted by molar-refractivity contribution is 0.415. The van der Waals surface area contributed by atoms with Gasteiger partial charge < -0.3 is 15.5 Å². The molecule has 30 heavy (non-hydrogen) atoms. The second-order valence-corrected chi connectivity index (χ2v) is 8.67. The summed E-state index contributed by atoms with van der Waals surface area (Å²) in [6, 6.07) is 12.1. The molecule has 0 aliphatic carbocycles. The van der Waals surface area contributed by atoms with Crippen LogP contribution in [-0.4, -0.2) is 41.7 Å². The summed E-state index contributed by atoms with van der Waals surface area (Å²) in [5, 5.41) is 0. The topological polar surface area (TPSA) is 124 Å². The van der Waals surface area contributed by atoms with Crippen LogP contribution < -0.4 is 10.5 Å². The molecule has 3 heterocycles. The molecule has 152 valence electrons. The van der Waals surface area contributed by atoms with Crippen LogP contribution in [0.2, 0.25) is 0 Å². The average Bonchev–Trinajstić information content (AvgIpc) is 3.20. The molecule has 0 spiro atoms. The Morgan fingerprint density at radius 2 is 1.80 bits per heavy atom. The van der Waals surface area contributed by atoms with E-state index in [-0.39, 0.29) is 10.7 Å². The predicted octanol–water partition coefficient (Wildman–Crippen LogP) is 3.20. The first kappa shape index (κ1) is 19.6. The lowest BCUT2D eigenvalue weighted by atomic mass is 10.1. The largest absolute Gasteiger partial charge is 0.493 e. The number of pyridine rings is 2. The van der Waals surface area contributed by atoms with Gasteiger partial charge in [0.15, 0.2) is 21.4 Å². The first-order chi connectivity index (χ1) is 14.4. The van der Waals surface area contributed by atoms with Crippen LogP contribution in [0.1, 0.15) is 0 Å². The summed E-state index contributed by atoms with van der Waals surface area (Å²) < 4.78 is 29.2. The second-order valence-electron chi connectivity index (χ2n) is 6.66. The molecule has 0 aliphatic heterocycles. The van der Waals surface area contributed by atoms with Crippen molar-refractivity contribution in [3.63, 3.8) is 0 Å². The highest BCUT2D eigenvalue weighted by molar-refractivity contribution is 7.90. The van der Waals surface area contributed by atoms with Gasteiger partial charge in [0.2, 0.25) is 0 Å². The van der Waals surface area contributed by atoms with Crippen LogP contribution >= 0.6 is 0 Å². The molecule has 0 aliphatic rings. The maximum atomic E-state index is 12.0. The Kier molecular flexibility index (Phi) is 4.96. The number of aromatic amines is 1. The Morgan fingerprint density at radius 3 is 2.50 bits per heavy atom. The zero-order chi connectivity index (χ0) is 21.3. The first-order valence-corrected chi connectivity index (χ1v) is 10.9. The minimum absolute atomic E-state index is 0.222. The number of sulfone groups is 1. The molecular weight excluding hydrogens is 402 g/mol. The van der Waals surface area contributed by atoms with E-state index in [1.54, 1.807) is 48.9 Å². The van der Waals surface area contributed by atoms with E-state index in [4.69, 9.17) is 15.5 Å². The number of aromatic nitrogens is 4. The van der Waals surface area contributed by atoms with Crippen LogP contribution in [-0.2, 0) is 9.84 Å². The van der Waals surface area contributed by atoms with Gasteiger partial charge >= 0.3 is 0 Å². The predicted molar refractivity (Wildman–Crippen MR) is 115 cm³/mol. The van der Waals surface area contributed by atoms with Crippen molar-refractivity contribution in [2.24, 2.45) is 0 Å². The summed E-state index contributed by atoms with van der Waals surface area (Å²) in [4.78, 5) is 16.5. The highest BCUT2D eigenvalue weighted by Gasteiger charge is 2.18. The first-order valence-electron chi connectivity index (χ1n) is 8.97. The minimum Gasteiger partial charge on any atom is -0.493 e. The van der Waals surface area contributed by atoms with E-state index < -0.39 is 9.84 Å². The smallest absolute Gasteiger partial charge is 0.175 e. The van der Waals surface area contributed by atoms with Crippen molar-refractivity contribution in [2.45, 2.75) is 4.90 Å². The fourth-order valence-electron chi connectivity index (χ4n) is 3.07. The molecule has 0 fully saturated rings. The molecule has 9 heteroatoms. The molecule has 4 aromatic rings. The molecule has 8 nitrogen and oxygen atoms in total. The van der Waals surface area contributed by atoms with E-state index in [1.165, 1.54) is 13.4 Å². The van der Waals surface area contributed by atoms with Gasteiger partial charge in [-0.1, -0.05) is 12.1 Å². The van der Waals surface area contributed by atoms with Gasteiger partial charge in [0.1, 0.15) is 5.82 Å². The zero-order valence-electron chi connectivity index (χ0n) is 16.3. The molecule has 3 aromatic heterocycles. The zero-order valence-corrected chi connectivity index (χ0v) is 17.1. The maximum absolute atomic E-state index is 12.0. The monoisotopic (exact) mass is 421 g/mol. The Bertz CT molecular complexity index is 1320. The highest BCUT2D eigenvalue weighted by atomic mass is 32.2. The van der Waals surface area contributed by atoms with E-state index in [2.05, 4.69) is 15.0 Å². The van der Waals surface area contributed by atoms with Crippen LogP contribution in [0.4, 0.5) is 5.82 Å². The van der Waals surface area contributed by atoms with E-state index in [0.717, 1.165) is 11.3 Å². The van der Waals surface area contributed by atoms with Crippen molar-refractivity contribution in [1.82, 2.24) is 19.9 Å². The number of hydrogen-bond donors (Lipinski definition) is 2. The number of hydrogen-bond acceptors (Lipinski definition) is 7. The van der Waals surface area contributed by atoms with Crippen LogP contribution in [0, 0.1) is 0 Å². The molecule has 0 bridgehead atoms. The summed E-state index contributed by atoms with van der Waals surface area (Å²) in [5.74, 6) is 1.25. The summed E-state index contributed by atoms with van der Waals surface area (Å²) in [5.41, 5.74) is 9.44. The van der Waals surface area contributed by atoms with Gasteiger partial charge in [-0.2, -0.15) is 0 Å². The third-order valence-corrected chi connectivity index (χ3v) is 5.69. The number of anilines is 1. The lowest BCUT2D eigenvalue weighted by Crippen LogP contribution is -1.97. The molecular formula is C21H19N5O3S. The van der Waals surface area contributed by atoms with Crippen LogP contribution in [0.3, 0.4) is 0 Å². The molecule has 0 radical (unpaired) electrons. The number of nitrogens with two attached hydrogens (primary N) is 1. The van der Waals surface area contributed by atoms with Gasteiger partial charge in [-0.05, 0) is 30.3 Å². The fourth-order valence-corrected chi connectivity index (χ4v) is 3.74. The second kappa shape index (κ2) is 7.60. The van der Waals surface area contributed by atoms with Crippen LogP contribution in [0.5, 0.6) is 5.75 Å². The van der Waals surface area contributed by atoms with Gasteiger partial charge in [-0.3, -0.25) is 4.98 Å². The number of imidazole rings is 1. The van der Waals surface area contributed by atoms with E-state index in [0.29, 0.717) is 28.4 Å². The van der Waals surface area contributed by atoms with E-state index in [9.17, 15) is 8.42 Å². The van der Waals surface area contributed by atoms with Gasteiger partial charge in [-0.15, -0.1) is 0 Å². The molecule has 3 N–H and O–H groups in total. The van der Waals surface area contributed by atoms with Crippen molar-refractivity contribution in [2.75, 3.05) is 19.1 Å². The minimum atomic E-state index is -3.35. The third-order valence-electron chi connectivity index (χ3n) is 4.58. The molecule has 0 saturated heterocycles. The van der Waals surface area contributed by atoms with Crippen molar-refractivity contribution in [3.05, 3.63) is 61.1 Å². The summed E-state index contributed by atoms with van der Waals surface area (Å²) in [6.45, 7) is 0. The van der Waals surface area contributed by atoms with Gasteiger partial charge in [-0.25, -0.2) is 18.4 Å². The third kappa shape index (κ3) is 3.74. The van der Waals surface area contributed by atoms with Crippen molar-refractivity contribution >= 4 is 15.7 Å². The normalized spacial score (nSPS) is 11.4. The van der Waals surface area contributed by atoms with Crippen molar-refractivity contribution < 1.29 is 13.2 Å². The number of nitrogens with zero attached hydrogens (tertiary/aromatic N) is 3. The van der Waals surface area contributed by atoms with Gasteiger partial charge in [0, 0.05) is 41.5 Å². The highest BCUT2D eigenvalue weighted by Crippen LogP contribution is 2.35. The molecule has 0 unspecified atom stereocenters. The maximum Gasteiger partial charge on any atom is 0.175 e. The number of benzene rings is 1. The number of rotatable bonds is 5. The summed E-state index contributed by atoms with van der Waals surface area (Å²) in [6.07, 6.45) is 6.17. The molecule has 0 atom stereocenters. The average molecular weight is 421 g/mol. The summed E-state index contributed by atoms with van der Waals surface area (Å²) in [7, 11) is -1.82. The van der Waals surface area contributed by atoms with E-state index in [1.807, 2.05) is 12.1 Å². The van der Waals surface area contributed by atoms with Crippen molar-refractivity contribution in [1.29, 1.82) is 0 Å². The SMILES string of the molecule is COc1cc(-c2nc(-c3cccc(S(C)(=O)=O)c3)[nH]c2-c2ccncc2)cnc1N. The van der Waals surface area contributed by atoms with E-state index >= 15 is 0 Å². The molecule has 0 amide bonds. The standard InChI is InChI=1S/C21H19N5O3S/c1-29-17-11-15(12-24-20(17)22)19-18(13-6-8-23-9-7-13)25-21(26-19)14-4-3-5-16(10-14)30(2,27)28/h3-12H,1-2H3,(H2,22,24)(H,25,26). The number of H-pyrrole nitrogens is 1. The van der Waals surface area contributed by atoms with Gasteiger partial charge in [0.05, 0.1) is 23.4 Å². The number of nitrogens with one attached hydrogen (secondary N) is 1. The molecule has 4 rings (SSSR count). The Labute approximate surface area is 173 Å². The van der Waals surface area contributed by atoms with Crippen LogP contribution in [0.25, 0.3) is 33.9 Å². The lowest BCUT2D eigenvalue weighted by Gasteiger charge is -2.07. The summed E-state index contributed by atoms with van der Waals surface area (Å²) >= 11 is 0. The van der Waals surface area contributed by atoms with Crippen LogP contribution in [0.15, 0.2) is 66.0 Å². The number of ether oxygens (including phenoxy) is 1. The number of nitrogen functional groups attached to an aromatic ring is 1. The fraction of sp³-hybridized carbons (Fsp3) is 0.0952. The van der Waals surface area contributed by atoms with Crippen molar-refractivity contribution in [3.8, 4) is 39.7 Å². The Morgan fingerprint density at radius 1 is 1.03 bits per heavy atom. The Balaban J connectivity index is 1.92. The molecule has 0 saturated carbocycles.